The molecule has 0 saturated heterocycles. The van der Waals surface area contributed by atoms with Gasteiger partial charge in [0.2, 0.25) is 0 Å². The molecule has 2 aromatic heterocycles. The number of benzene rings is 1. The molecule has 1 aliphatic rings. The third-order valence-electron chi connectivity index (χ3n) is 5.29. The van der Waals surface area contributed by atoms with Crippen LogP contribution < -0.4 is 15.4 Å². The lowest BCUT2D eigenvalue weighted by Crippen LogP contribution is -2.38. The number of nitrogens with zero attached hydrogens (tertiary/aromatic N) is 4. The molecule has 0 aliphatic heterocycles. The summed E-state index contributed by atoms with van der Waals surface area (Å²) >= 11 is 0. The Bertz CT molecular complexity index is 1050. The summed E-state index contributed by atoms with van der Waals surface area (Å²) < 4.78 is 21.8. The Balaban J connectivity index is 1.40. The van der Waals surface area contributed by atoms with Crippen molar-refractivity contribution in [2.24, 2.45) is 10.9 Å². The monoisotopic (exact) mass is 436 g/mol. The van der Waals surface area contributed by atoms with Crippen LogP contribution in [0.25, 0.3) is 5.82 Å². The first-order valence-corrected chi connectivity index (χ1v) is 11.0. The highest BCUT2D eigenvalue weighted by Gasteiger charge is 2.22. The van der Waals surface area contributed by atoms with Crippen LogP contribution in [0.15, 0.2) is 60.0 Å². The van der Waals surface area contributed by atoms with E-state index < -0.39 is 0 Å². The first-order chi connectivity index (χ1) is 15.6. The van der Waals surface area contributed by atoms with Crippen LogP contribution in [0.2, 0.25) is 0 Å². The van der Waals surface area contributed by atoms with Crippen molar-refractivity contribution >= 4 is 5.96 Å². The number of aliphatic imine (C=N–C) groups is 1. The third-order valence-corrected chi connectivity index (χ3v) is 5.29. The van der Waals surface area contributed by atoms with Gasteiger partial charge in [-0.1, -0.05) is 6.07 Å². The summed E-state index contributed by atoms with van der Waals surface area (Å²) in [6.07, 6.45) is 7.68. The predicted octanol–water partition coefficient (Wildman–Crippen LogP) is 4.01. The number of nitrogens with one attached hydrogen (secondary N) is 2. The highest BCUT2D eigenvalue weighted by Crippen LogP contribution is 2.30. The Morgan fingerprint density at radius 3 is 2.88 bits per heavy atom. The minimum absolute atomic E-state index is 0.128. The fraction of sp³-hybridized carbons (Fsp3) is 0.375. The Kier molecular flexibility index (Phi) is 6.99. The first-order valence-electron chi connectivity index (χ1n) is 11.0. The molecule has 7 nitrogen and oxygen atoms in total. The standard InChI is InChI=1S/C24H29FN6O/c1-3-26-24(28-15-19-9-11-27-23(13-19)31-12-4-10-29-31)30-17(2)20-7-8-22(21(25)14-20)32-16-18-5-6-18/h4,7-14,17-18H,3,5-6,15-16H2,1-2H3,(H2,26,28,30). The van der Waals surface area contributed by atoms with Crippen molar-refractivity contribution in [3.63, 3.8) is 0 Å². The minimum Gasteiger partial charge on any atom is -0.490 e. The molecule has 0 amide bonds. The second-order valence-electron chi connectivity index (χ2n) is 7.98. The van der Waals surface area contributed by atoms with E-state index in [9.17, 15) is 4.39 Å². The van der Waals surface area contributed by atoms with E-state index >= 15 is 0 Å². The van der Waals surface area contributed by atoms with Gasteiger partial charge in [0.05, 0.1) is 19.2 Å². The molecule has 4 rings (SSSR count). The van der Waals surface area contributed by atoms with Gasteiger partial charge in [-0.3, -0.25) is 0 Å². The summed E-state index contributed by atoms with van der Waals surface area (Å²) in [5.41, 5.74) is 1.84. The summed E-state index contributed by atoms with van der Waals surface area (Å²) in [7, 11) is 0. The molecule has 0 radical (unpaired) electrons. The molecule has 3 aromatic rings. The smallest absolute Gasteiger partial charge is 0.192 e. The highest BCUT2D eigenvalue weighted by molar-refractivity contribution is 5.80. The summed E-state index contributed by atoms with van der Waals surface area (Å²) in [4.78, 5) is 9.04. The molecule has 2 N–H and O–H groups in total. The molecule has 0 spiro atoms. The van der Waals surface area contributed by atoms with E-state index in [1.165, 1.54) is 18.9 Å². The molecule has 1 aliphatic carbocycles. The van der Waals surface area contributed by atoms with E-state index in [2.05, 4.69) is 25.7 Å². The lowest BCUT2D eigenvalue weighted by atomic mass is 10.1. The number of hydrogen-bond acceptors (Lipinski definition) is 4. The second-order valence-corrected chi connectivity index (χ2v) is 7.98. The van der Waals surface area contributed by atoms with E-state index in [4.69, 9.17) is 4.74 Å². The van der Waals surface area contributed by atoms with Crippen molar-refractivity contribution in [3.05, 3.63) is 71.9 Å². The van der Waals surface area contributed by atoms with E-state index in [-0.39, 0.29) is 11.9 Å². The van der Waals surface area contributed by atoms with Gasteiger partial charge in [-0.25, -0.2) is 19.0 Å². The van der Waals surface area contributed by atoms with E-state index in [1.54, 1.807) is 23.1 Å². The van der Waals surface area contributed by atoms with E-state index in [0.717, 1.165) is 23.5 Å². The molecule has 1 aromatic carbocycles. The maximum atomic E-state index is 14.5. The molecule has 168 valence electrons. The van der Waals surface area contributed by atoms with Crippen molar-refractivity contribution in [3.8, 4) is 11.6 Å². The third kappa shape index (κ3) is 5.84. The lowest BCUT2D eigenvalue weighted by molar-refractivity contribution is 0.285. The van der Waals surface area contributed by atoms with Gasteiger partial charge in [-0.2, -0.15) is 5.10 Å². The summed E-state index contributed by atoms with van der Waals surface area (Å²) in [6.45, 7) is 5.78. The zero-order valence-electron chi connectivity index (χ0n) is 18.5. The van der Waals surface area contributed by atoms with Gasteiger partial charge in [-0.05, 0) is 74.1 Å². The largest absolute Gasteiger partial charge is 0.490 e. The number of ether oxygens (including phenoxy) is 1. The molecule has 8 heteroatoms. The van der Waals surface area contributed by atoms with E-state index in [1.807, 2.05) is 44.3 Å². The van der Waals surface area contributed by atoms with Gasteiger partial charge in [0.1, 0.15) is 0 Å². The van der Waals surface area contributed by atoms with Gasteiger partial charge in [0.15, 0.2) is 23.3 Å². The number of aromatic nitrogens is 3. The fourth-order valence-corrected chi connectivity index (χ4v) is 3.26. The number of halogens is 1. The molecule has 1 saturated carbocycles. The quantitative estimate of drug-likeness (QED) is 0.392. The maximum absolute atomic E-state index is 14.5. The van der Waals surface area contributed by atoms with Gasteiger partial charge in [0, 0.05) is 25.1 Å². The van der Waals surface area contributed by atoms with Gasteiger partial charge in [-0.15, -0.1) is 0 Å². The SMILES string of the molecule is CCNC(=NCc1ccnc(-n2cccn2)c1)NC(C)c1ccc(OCC2CC2)c(F)c1. The van der Waals surface area contributed by atoms with Crippen molar-refractivity contribution in [2.75, 3.05) is 13.2 Å². The van der Waals surface area contributed by atoms with Crippen LogP contribution in [0.3, 0.4) is 0 Å². The van der Waals surface area contributed by atoms with Gasteiger partial charge >= 0.3 is 0 Å². The summed E-state index contributed by atoms with van der Waals surface area (Å²) in [5.74, 6) is 1.98. The average molecular weight is 437 g/mol. The first kappa shape index (κ1) is 21.8. The Morgan fingerprint density at radius 2 is 2.16 bits per heavy atom. The van der Waals surface area contributed by atoms with Crippen LogP contribution in [0.1, 0.15) is 43.9 Å². The Morgan fingerprint density at radius 1 is 1.28 bits per heavy atom. The highest BCUT2D eigenvalue weighted by atomic mass is 19.1. The molecule has 2 heterocycles. The molecular weight excluding hydrogens is 407 g/mol. The van der Waals surface area contributed by atoms with Gasteiger partial charge in [0.25, 0.3) is 0 Å². The van der Waals surface area contributed by atoms with Crippen molar-refractivity contribution in [2.45, 2.75) is 39.3 Å². The fourth-order valence-electron chi connectivity index (χ4n) is 3.26. The average Bonchev–Trinajstić information content (AvgIpc) is 3.47. The van der Waals surface area contributed by atoms with Crippen molar-refractivity contribution in [1.82, 2.24) is 25.4 Å². The molecule has 0 bridgehead atoms. The number of rotatable bonds is 9. The minimum atomic E-state index is -0.332. The van der Waals surface area contributed by atoms with Crippen LogP contribution in [0.4, 0.5) is 4.39 Å². The van der Waals surface area contributed by atoms with Crippen LogP contribution in [-0.2, 0) is 6.54 Å². The molecular formula is C24H29FN6O. The molecule has 1 atom stereocenters. The normalized spacial score (nSPS) is 14.8. The number of guanidine groups is 1. The molecule has 1 fully saturated rings. The van der Waals surface area contributed by atoms with Crippen LogP contribution in [0, 0.1) is 11.7 Å². The molecule has 32 heavy (non-hydrogen) atoms. The molecule has 1 unspecified atom stereocenters. The van der Waals surface area contributed by atoms with Crippen LogP contribution >= 0.6 is 0 Å². The van der Waals surface area contributed by atoms with Crippen molar-refractivity contribution in [1.29, 1.82) is 0 Å². The zero-order valence-corrected chi connectivity index (χ0v) is 18.5. The number of hydrogen-bond donors (Lipinski definition) is 2. The summed E-state index contributed by atoms with van der Waals surface area (Å²) in [5, 5.41) is 10.8. The Labute approximate surface area is 187 Å². The lowest BCUT2D eigenvalue weighted by Gasteiger charge is -2.19. The van der Waals surface area contributed by atoms with Crippen LogP contribution in [0.5, 0.6) is 5.75 Å². The summed E-state index contributed by atoms with van der Waals surface area (Å²) in [6, 6.07) is 10.8. The number of pyridine rings is 1. The topological polar surface area (TPSA) is 76.4 Å². The van der Waals surface area contributed by atoms with E-state index in [0.29, 0.717) is 30.8 Å². The van der Waals surface area contributed by atoms with Crippen LogP contribution in [-0.4, -0.2) is 33.9 Å². The Hall–Kier alpha value is -3.42. The maximum Gasteiger partial charge on any atom is 0.192 e. The van der Waals surface area contributed by atoms with Gasteiger partial charge < -0.3 is 15.4 Å². The van der Waals surface area contributed by atoms with Crippen molar-refractivity contribution < 1.29 is 9.13 Å². The predicted molar refractivity (Wildman–Crippen MR) is 122 cm³/mol. The zero-order chi connectivity index (χ0) is 22.3. The second kappa shape index (κ2) is 10.3.